The van der Waals surface area contributed by atoms with E-state index in [4.69, 9.17) is 23.7 Å². The first-order valence-electron chi connectivity index (χ1n) is 10.5. The van der Waals surface area contributed by atoms with Crippen LogP contribution in [-0.4, -0.2) is 88.6 Å². The molecule has 2 fully saturated rings. The smallest absolute Gasteiger partial charge is 0.303 e. The first-order valence-corrected chi connectivity index (χ1v) is 10.5. The molecule has 13 heteroatoms. The second-order valence-electron chi connectivity index (χ2n) is 7.64. The van der Waals surface area contributed by atoms with Crippen LogP contribution in [-0.2, 0) is 38.1 Å². The molecule has 4 heterocycles. The van der Waals surface area contributed by atoms with Crippen molar-refractivity contribution < 1.29 is 38.1 Å². The Morgan fingerprint density at radius 3 is 2.36 bits per heavy atom. The summed E-state index contributed by atoms with van der Waals surface area (Å²) in [5.74, 6) is -1.06. The fourth-order valence-corrected chi connectivity index (χ4v) is 3.95. The quantitative estimate of drug-likeness (QED) is 0.419. The number of ether oxygens (including phenoxy) is 5. The summed E-state index contributed by atoms with van der Waals surface area (Å²) < 4.78 is 29.1. The van der Waals surface area contributed by atoms with E-state index in [1.54, 1.807) is 4.57 Å². The van der Waals surface area contributed by atoms with Crippen LogP contribution < -0.4 is 4.90 Å². The highest BCUT2D eigenvalue weighted by molar-refractivity contribution is 5.83. The number of fused-ring (bicyclic) bond motifs is 1. The molecule has 2 aliphatic rings. The molecular formula is C20H25N5O8. The Hall–Kier alpha value is -3.32. The lowest BCUT2D eigenvalue weighted by Crippen LogP contribution is -2.40. The first kappa shape index (κ1) is 22.9. The lowest BCUT2D eigenvalue weighted by atomic mass is 10.1. The van der Waals surface area contributed by atoms with Gasteiger partial charge in [0.25, 0.3) is 0 Å². The SMILES string of the molecule is CC(=O)OC[C@H]1O[C@@H](n2cnc3c(N4CCOCC4)ncnc32)[C@H](OC(C)=O)[C@@H]1OC(C)=O. The van der Waals surface area contributed by atoms with Gasteiger partial charge in [-0.1, -0.05) is 0 Å². The van der Waals surface area contributed by atoms with Crippen molar-refractivity contribution in [2.45, 2.75) is 45.3 Å². The number of aromatic nitrogens is 4. The Labute approximate surface area is 188 Å². The molecule has 2 aromatic rings. The summed E-state index contributed by atoms with van der Waals surface area (Å²) in [6, 6.07) is 0. The van der Waals surface area contributed by atoms with E-state index in [9.17, 15) is 14.4 Å². The van der Waals surface area contributed by atoms with Crippen molar-refractivity contribution in [1.29, 1.82) is 0 Å². The van der Waals surface area contributed by atoms with Crippen molar-refractivity contribution >= 4 is 34.9 Å². The van der Waals surface area contributed by atoms with Gasteiger partial charge in [-0.25, -0.2) is 15.0 Å². The Bertz CT molecular complexity index is 1040. The van der Waals surface area contributed by atoms with Crippen LogP contribution in [0.4, 0.5) is 5.82 Å². The molecule has 33 heavy (non-hydrogen) atoms. The van der Waals surface area contributed by atoms with Crippen LogP contribution in [0.3, 0.4) is 0 Å². The lowest BCUT2D eigenvalue weighted by Gasteiger charge is -2.27. The van der Waals surface area contributed by atoms with E-state index in [1.807, 2.05) is 0 Å². The Balaban J connectivity index is 1.71. The van der Waals surface area contributed by atoms with Gasteiger partial charge in [-0.15, -0.1) is 0 Å². The molecule has 0 radical (unpaired) electrons. The van der Waals surface area contributed by atoms with Gasteiger partial charge in [0, 0.05) is 33.9 Å². The van der Waals surface area contributed by atoms with Crippen LogP contribution >= 0.6 is 0 Å². The highest BCUT2D eigenvalue weighted by Crippen LogP contribution is 2.36. The fourth-order valence-electron chi connectivity index (χ4n) is 3.95. The number of morpholine rings is 1. The van der Waals surface area contributed by atoms with E-state index < -0.39 is 42.4 Å². The van der Waals surface area contributed by atoms with Crippen molar-refractivity contribution in [2.24, 2.45) is 0 Å². The predicted molar refractivity (Wildman–Crippen MR) is 110 cm³/mol. The maximum Gasteiger partial charge on any atom is 0.303 e. The maximum atomic E-state index is 11.9. The number of hydrogen-bond acceptors (Lipinski definition) is 12. The van der Waals surface area contributed by atoms with E-state index in [2.05, 4.69) is 19.9 Å². The Kier molecular flexibility index (Phi) is 6.70. The first-order chi connectivity index (χ1) is 15.8. The normalized spacial score (nSPS) is 25.1. The monoisotopic (exact) mass is 463 g/mol. The number of imidazole rings is 1. The summed E-state index contributed by atoms with van der Waals surface area (Å²) >= 11 is 0. The third kappa shape index (κ3) is 4.88. The van der Waals surface area contributed by atoms with E-state index in [0.29, 0.717) is 43.3 Å². The van der Waals surface area contributed by atoms with Crippen LogP contribution in [0.1, 0.15) is 27.0 Å². The van der Waals surface area contributed by atoms with E-state index in [1.165, 1.54) is 33.4 Å². The van der Waals surface area contributed by atoms with Gasteiger partial charge >= 0.3 is 17.9 Å². The van der Waals surface area contributed by atoms with E-state index >= 15 is 0 Å². The van der Waals surface area contributed by atoms with E-state index in [0.717, 1.165) is 0 Å². The molecule has 0 amide bonds. The van der Waals surface area contributed by atoms with Crippen molar-refractivity contribution in [3.8, 4) is 0 Å². The minimum absolute atomic E-state index is 0.192. The van der Waals surface area contributed by atoms with Gasteiger partial charge in [0.1, 0.15) is 19.0 Å². The topological polar surface area (TPSA) is 144 Å². The van der Waals surface area contributed by atoms with Gasteiger partial charge in [0.15, 0.2) is 35.4 Å². The number of nitrogens with zero attached hydrogens (tertiary/aromatic N) is 5. The van der Waals surface area contributed by atoms with E-state index in [-0.39, 0.29) is 6.61 Å². The Morgan fingerprint density at radius 1 is 1.00 bits per heavy atom. The second kappa shape index (κ2) is 9.67. The highest BCUT2D eigenvalue weighted by Gasteiger charge is 2.51. The standard InChI is InChI=1S/C20H25N5O8/c1-11(26)30-8-14-16(31-12(2)27)17(32-13(3)28)20(33-14)25-10-23-15-18(21-9-22-19(15)25)24-4-6-29-7-5-24/h9-10,14,16-17,20H,4-8H2,1-3H3/t14-,16-,17-,20-/m1/s1. The average molecular weight is 463 g/mol. The molecule has 0 aromatic carbocycles. The number of hydrogen-bond donors (Lipinski definition) is 0. The number of rotatable bonds is 6. The summed E-state index contributed by atoms with van der Waals surface area (Å²) in [5.41, 5.74) is 0.986. The van der Waals surface area contributed by atoms with Crippen LogP contribution in [0.15, 0.2) is 12.7 Å². The minimum atomic E-state index is -1.02. The van der Waals surface area contributed by atoms with Crippen molar-refractivity contribution in [3.05, 3.63) is 12.7 Å². The number of esters is 3. The molecule has 4 rings (SSSR count). The summed E-state index contributed by atoms with van der Waals surface area (Å²) in [6.45, 7) is 6.01. The summed E-state index contributed by atoms with van der Waals surface area (Å²) in [5, 5.41) is 0. The maximum absolute atomic E-state index is 11.9. The molecule has 2 saturated heterocycles. The van der Waals surface area contributed by atoms with Gasteiger partial charge < -0.3 is 28.6 Å². The number of carbonyl (C=O) groups excluding carboxylic acids is 3. The summed E-state index contributed by atoms with van der Waals surface area (Å²) in [7, 11) is 0. The molecule has 2 aliphatic heterocycles. The van der Waals surface area contributed by atoms with Gasteiger partial charge in [-0.05, 0) is 0 Å². The molecule has 0 aliphatic carbocycles. The zero-order chi connectivity index (χ0) is 23.5. The molecule has 0 N–H and O–H groups in total. The van der Waals surface area contributed by atoms with Crippen molar-refractivity contribution in [3.63, 3.8) is 0 Å². The highest BCUT2D eigenvalue weighted by atomic mass is 16.7. The molecule has 0 unspecified atom stereocenters. The Morgan fingerprint density at radius 2 is 1.70 bits per heavy atom. The molecule has 13 nitrogen and oxygen atoms in total. The van der Waals surface area contributed by atoms with Gasteiger partial charge in [0.2, 0.25) is 0 Å². The number of carbonyl (C=O) groups is 3. The van der Waals surface area contributed by atoms with Crippen molar-refractivity contribution in [1.82, 2.24) is 19.5 Å². The molecular weight excluding hydrogens is 438 g/mol. The molecule has 4 atom stereocenters. The molecule has 0 spiro atoms. The zero-order valence-corrected chi connectivity index (χ0v) is 18.5. The number of anilines is 1. The second-order valence-corrected chi connectivity index (χ2v) is 7.64. The average Bonchev–Trinajstić information content (AvgIpc) is 3.34. The lowest BCUT2D eigenvalue weighted by molar-refractivity contribution is -0.166. The van der Waals surface area contributed by atoms with Gasteiger partial charge in [0.05, 0.1) is 19.5 Å². The molecule has 0 bridgehead atoms. The predicted octanol–water partition coefficient (Wildman–Crippen LogP) is -0.0132. The fraction of sp³-hybridized carbons (Fsp3) is 0.600. The summed E-state index contributed by atoms with van der Waals surface area (Å²) in [4.78, 5) is 50.2. The van der Waals surface area contributed by atoms with Crippen LogP contribution in [0.25, 0.3) is 11.2 Å². The third-order valence-electron chi connectivity index (χ3n) is 5.26. The van der Waals surface area contributed by atoms with Gasteiger partial charge in [-0.3, -0.25) is 19.0 Å². The van der Waals surface area contributed by atoms with Crippen LogP contribution in [0.5, 0.6) is 0 Å². The summed E-state index contributed by atoms with van der Waals surface area (Å²) in [6.07, 6.45) is -0.911. The van der Waals surface area contributed by atoms with Crippen LogP contribution in [0, 0.1) is 0 Å². The largest absolute Gasteiger partial charge is 0.463 e. The zero-order valence-electron chi connectivity index (χ0n) is 18.5. The third-order valence-corrected chi connectivity index (χ3v) is 5.26. The van der Waals surface area contributed by atoms with Crippen molar-refractivity contribution in [2.75, 3.05) is 37.8 Å². The van der Waals surface area contributed by atoms with Gasteiger partial charge in [-0.2, -0.15) is 0 Å². The minimum Gasteiger partial charge on any atom is -0.463 e. The molecule has 178 valence electrons. The van der Waals surface area contributed by atoms with Crippen LogP contribution in [0.2, 0.25) is 0 Å². The molecule has 2 aromatic heterocycles. The molecule has 0 saturated carbocycles.